The first-order chi connectivity index (χ1) is 21.1. The molecule has 0 aromatic heterocycles. The summed E-state index contributed by atoms with van der Waals surface area (Å²) in [5, 5.41) is 9.67. The second-order valence-electron chi connectivity index (χ2n) is 15.8. The highest BCUT2D eigenvalue weighted by molar-refractivity contribution is 5.36. The maximum absolute atomic E-state index is 10.5. The van der Waals surface area contributed by atoms with Crippen molar-refractivity contribution >= 4 is 6.47 Å². The molecule has 242 valence electrons. The van der Waals surface area contributed by atoms with Crippen LogP contribution in [0.5, 0.6) is 0 Å². The lowest BCUT2D eigenvalue weighted by molar-refractivity contribution is -0.130. The highest BCUT2D eigenvalue weighted by atomic mass is 16.5. The number of hydrogen-bond acceptors (Lipinski definition) is 3. The van der Waals surface area contributed by atoms with Gasteiger partial charge in [0.2, 0.25) is 0 Å². The predicted molar refractivity (Wildman–Crippen MR) is 178 cm³/mol. The summed E-state index contributed by atoms with van der Waals surface area (Å²) >= 11 is 0. The van der Waals surface area contributed by atoms with Crippen LogP contribution in [0, 0.1) is 47.3 Å². The van der Waals surface area contributed by atoms with Crippen LogP contribution in [0.25, 0.3) is 0 Å². The summed E-state index contributed by atoms with van der Waals surface area (Å²) < 4.78 is 4.95. The Morgan fingerprint density at radius 1 is 0.744 bits per heavy atom. The fourth-order valence-corrected chi connectivity index (χ4v) is 10.3. The van der Waals surface area contributed by atoms with Crippen molar-refractivity contribution in [1.29, 1.82) is 0 Å². The van der Waals surface area contributed by atoms with Crippen LogP contribution in [0.15, 0.2) is 24.3 Å². The molecule has 0 aliphatic heterocycles. The fraction of sp³-hybridized carbons (Fsp3) is 0.825. The lowest BCUT2D eigenvalue weighted by Crippen LogP contribution is -2.32. The zero-order valence-electron chi connectivity index (χ0n) is 27.6. The van der Waals surface area contributed by atoms with Gasteiger partial charge in [-0.05, 0) is 142 Å². The lowest BCUT2D eigenvalue weighted by atomic mass is 9.63. The summed E-state index contributed by atoms with van der Waals surface area (Å²) in [6.07, 6.45) is 29.4. The van der Waals surface area contributed by atoms with E-state index in [4.69, 9.17) is 4.74 Å². The average Bonchev–Trinajstić information content (AvgIpc) is 3.06. The Hall–Kier alpha value is -1.35. The molecule has 1 aromatic rings. The van der Waals surface area contributed by atoms with Crippen molar-refractivity contribution in [2.75, 3.05) is 13.2 Å². The number of rotatable bonds is 15. The van der Waals surface area contributed by atoms with Gasteiger partial charge in [0.1, 0.15) is 0 Å². The zero-order valence-corrected chi connectivity index (χ0v) is 27.6. The van der Waals surface area contributed by atoms with Crippen LogP contribution in [0.2, 0.25) is 0 Å². The number of ether oxygens (including phenoxy) is 1. The monoisotopic (exact) mass is 592 g/mol. The molecule has 4 saturated carbocycles. The molecule has 4 aliphatic carbocycles. The van der Waals surface area contributed by atoms with Gasteiger partial charge in [0.15, 0.2) is 0 Å². The Balaban J connectivity index is 0.978. The van der Waals surface area contributed by atoms with Gasteiger partial charge in [-0.15, -0.1) is 0 Å². The first-order valence-electron chi connectivity index (χ1n) is 18.9. The molecule has 3 nitrogen and oxygen atoms in total. The Bertz CT molecular complexity index is 910. The van der Waals surface area contributed by atoms with E-state index in [0.717, 1.165) is 47.8 Å². The van der Waals surface area contributed by atoms with Crippen molar-refractivity contribution in [2.24, 2.45) is 47.3 Å². The molecule has 5 atom stereocenters. The average molecular weight is 593 g/mol. The van der Waals surface area contributed by atoms with Crippen molar-refractivity contribution in [3.8, 4) is 0 Å². The predicted octanol–water partition coefficient (Wildman–Crippen LogP) is 10.3. The van der Waals surface area contributed by atoms with Gasteiger partial charge in [0.05, 0.1) is 6.61 Å². The normalized spacial score (nSPS) is 33.8. The number of aliphatic hydroxyl groups excluding tert-OH is 1. The number of carbonyl (C=O) groups is 1. The highest BCUT2D eigenvalue weighted by Gasteiger charge is 2.36. The van der Waals surface area contributed by atoms with Crippen molar-refractivity contribution in [3.05, 3.63) is 35.4 Å². The number of unbranched alkanes of at least 4 members (excludes halogenated alkanes) is 2. The maximum Gasteiger partial charge on any atom is 0.293 e. The van der Waals surface area contributed by atoms with Gasteiger partial charge in [-0.25, -0.2) is 0 Å². The minimum atomic E-state index is 0.110. The van der Waals surface area contributed by atoms with Crippen LogP contribution < -0.4 is 0 Å². The molecule has 1 aromatic carbocycles. The molecule has 0 amide bonds. The number of aliphatic hydroxyl groups is 1. The molecule has 0 saturated heterocycles. The van der Waals surface area contributed by atoms with E-state index in [1.807, 2.05) is 0 Å². The summed E-state index contributed by atoms with van der Waals surface area (Å²) in [6.45, 7) is 3.34. The van der Waals surface area contributed by atoms with Gasteiger partial charge in [-0.3, -0.25) is 4.79 Å². The number of benzene rings is 1. The number of carbonyl (C=O) groups excluding carboxylic acids is 1. The Kier molecular flexibility index (Phi) is 13.3. The summed E-state index contributed by atoms with van der Waals surface area (Å²) in [5.41, 5.74) is 3.16. The van der Waals surface area contributed by atoms with Gasteiger partial charge in [-0.2, -0.15) is 0 Å². The van der Waals surface area contributed by atoms with Crippen LogP contribution in [0.3, 0.4) is 0 Å². The molecule has 0 spiro atoms. The van der Waals surface area contributed by atoms with Crippen molar-refractivity contribution in [2.45, 2.75) is 148 Å². The molecule has 0 radical (unpaired) electrons. The zero-order chi connectivity index (χ0) is 29.9. The van der Waals surface area contributed by atoms with E-state index < -0.39 is 0 Å². The van der Waals surface area contributed by atoms with Crippen LogP contribution in [0.1, 0.15) is 152 Å². The topological polar surface area (TPSA) is 46.5 Å². The maximum atomic E-state index is 10.5. The Morgan fingerprint density at radius 2 is 1.35 bits per heavy atom. The van der Waals surface area contributed by atoms with E-state index >= 15 is 0 Å². The van der Waals surface area contributed by atoms with Crippen molar-refractivity contribution in [3.63, 3.8) is 0 Å². The molecule has 3 heteroatoms. The van der Waals surface area contributed by atoms with Crippen LogP contribution in [0.4, 0.5) is 0 Å². The Morgan fingerprint density at radius 3 is 2.00 bits per heavy atom. The molecule has 4 fully saturated rings. The molecule has 0 heterocycles. The summed E-state index contributed by atoms with van der Waals surface area (Å²) in [5.74, 6) is 7.37. The van der Waals surface area contributed by atoms with Gasteiger partial charge in [-0.1, -0.05) is 82.6 Å². The number of fused-ring (bicyclic) bond motifs is 1. The standard InChI is InChI=1S/C40H64O3/c1-2-3-4-5-30-8-14-35(15-9-30)37-20-22-38(23-21-37)36-16-10-31(11-17-36)6-7-32-12-18-40-26-33(13-19-39(40)25-32)24-34(27-41)28-43-29-42/h10-11,16-17,29-30,32-35,37-41H,2-9,12-15,18-28H2,1H3. The smallest absolute Gasteiger partial charge is 0.293 e. The highest BCUT2D eigenvalue weighted by Crippen LogP contribution is 2.47. The molecule has 1 N–H and O–H groups in total. The molecule has 5 rings (SSSR count). The molecule has 43 heavy (non-hydrogen) atoms. The summed E-state index contributed by atoms with van der Waals surface area (Å²) in [6, 6.07) is 9.90. The quantitative estimate of drug-likeness (QED) is 0.163. The third-order valence-electron chi connectivity index (χ3n) is 13.0. The number of hydrogen-bond donors (Lipinski definition) is 1. The van der Waals surface area contributed by atoms with E-state index in [1.165, 1.54) is 128 Å². The largest absolute Gasteiger partial charge is 0.468 e. The molecular weight excluding hydrogens is 528 g/mol. The van der Waals surface area contributed by atoms with Crippen LogP contribution >= 0.6 is 0 Å². The van der Waals surface area contributed by atoms with Crippen molar-refractivity contribution in [1.82, 2.24) is 0 Å². The molecular formula is C40H64O3. The second-order valence-corrected chi connectivity index (χ2v) is 15.8. The van der Waals surface area contributed by atoms with E-state index in [9.17, 15) is 9.90 Å². The van der Waals surface area contributed by atoms with Crippen LogP contribution in [-0.4, -0.2) is 24.8 Å². The Labute approximate surface area is 264 Å². The van der Waals surface area contributed by atoms with Gasteiger partial charge in [0, 0.05) is 12.5 Å². The van der Waals surface area contributed by atoms with Gasteiger partial charge in [0.25, 0.3) is 6.47 Å². The summed E-state index contributed by atoms with van der Waals surface area (Å²) in [7, 11) is 0. The second kappa shape index (κ2) is 17.4. The number of aryl methyl sites for hydroxylation is 1. The van der Waals surface area contributed by atoms with E-state index in [2.05, 4.69) is 31.2 Å². The minimum absolute atomic E-state index is 0.110. The lowest BCUT2D eigenvalue weighted by Gasteiger charge is -2.43. The van der Waals surface area contributed by atoms with E-state index in [1.54, 1.807) is 11.1 Å². The third kappa shape index (κ3) is 9.82. The van der Waals surface area contributed by atoms with E-state index in [-0.39, 0.29) is 12.5 Å². The van der Waals surface area contributed by atoms with E-state index in [0.29, 0.717) is 19.0 Å². The first-order valence-corrected chi connectivity index (χ1v) is 18.9. The SMILES string of the molecule is CCCCCC1CCC(C2CCC(c3ccc(CCC4CCC5CC(CC(CO)COC=O)CCC5C4)cc3)CC2)CC1. The van der Waals surface area contributed by atoms with Gasteiger partial charge < -0.3 is 9.84 Å². The molecule has 0 bridgehead atoms. The fourth-order valence-electron chi connectivity index (χ4n) is 10.3. The van der Waals surface area contributed by atoms with Crippen molar-refractivity contribution < 1.29 is 14.6 Å². The van der Waals surface area contributed by atoms with Gasteiger partial charge >= 0.3 is 0 Å². The summed E-state index contributed by atoms with van der Waals surface area (Å²) in [4.78, 5) is 10.5. The minimum Gasteiger partial charge on any atom is -0.468 e. The van der Waals surface area contributed by atoms with Crippen LogP contribution in [-0.2, 0) is 16.0 Å². The first kappa shape index (κ1) is 33.0. The molecule has 4 aliphatic rings. The molecule has 5 unspecified atom stereocenters. The third-order valence-corrected chi connectivity index (χ3v) is 13.0.